The molecule has 0 amide bonds. The largest absolute Gasteiger partial charge is 0.478 e. The lowest BCUT2D eigenvalue weighted by Crippen LogP contribution is -2.38. The first-order chi connectivity index (χ1) is 14.7. The van der Waals surface area contributed by atoms with Gasteiger partial charge in [0.2, 0.25) is 0 Å². The molecule has 3 aromatic rings. The van der Waals surface area contributed by atoms with Crippen LogP contribution in [-0.2, 0) is 20.6 Å². The van der Waals surface area contributed by atoms with Crippen LogP contribution in [0.1, 0.15) is 10.4 Å². The molecule has 3 heterocycles. The Bertz CT molecular complexity index is 1140. The maximum atomic E-state index is 12.3. The summed E-state index contributed by atoms with van der Waals surface area (Å²) in [5.41, 5.74) is -0.0764. The third-order valence-corrected chi connectivity index (χ3v) is 4.54. The maximum absolute atomic E-state index is 12.3. The second kappa shape index (κ2) is 10.6. The first kappa shape index (κ1) is 23.9. The molecule has 0 fully saturated rings. The quantitative estimate of drug-likeness (QED) is 0.403. The molecule has 0 saturated carbocycles. The van der Waals surface area contributed by atoms with Gasteiger partial charge in [0.25, 0.3) is 5.56 Å². The lowest BCUT2D eigenvalue weighted by molar-refractivity contribution is 0.0696. The minimum atomic E-state index is -0.942. The van der Waals surface area contributed by atoms with Crippen LogP contribution < -0.4 is 11.2 Å². The van der Waals surface area contributed by atoms with Gasteiger partial charge in [0.1, 0.15) is 0 Å². The number of pyridine rings is 1. The van der Waals surface area contributed by atoms with E-state index in [1.165, 1.54) is 36.4 Å². The normalized spacial score (nSPS) is 11.9. The summed E-state index contributed by atoms with van der Waals surface area (Å²) in [6.07, 6.45) is 3.56. The van der Waals surface area contributed by atoms with E-state index in [2.05, 4.69) is 9.97 Å². The van der Waals surface area contributed by atoms with Gasteiger partial charge in [-0.25, -0.2) is 14.6 Å². The van der Waals surface area contributed by atoms with E-state index in [0.29, 0.717) is 18.7 Å². The number of aliphatic hydroxyl groups is 2. The molecule has 168 valence electrons. The van der Waals surface area contributed by atoms with Crippen LogP contribution in [0.4, 0.5) is 0 Å². The summed E-state index contributed by atoms with van der Waals surface area (Å²) in [6.45, 7) is 1.00. The van der Waals surface area contributed by atoms with Gasteiger partial charge in [-0.2, -0.15) is 0 Å². The number of carbonyl (C=O) groups is 1. The fourth-order valence-electron chi connectivity index (χ4n) is 2.93. The molecule has 0 bridgehead atoms. The molecule has 0 aliphatic carbocycles. The number of likely N-dealkylation sites (N-methyl/N-ethyl adjacent to an activating group) is 1. The molecular weight excluding hydrogens is 408 g/mol. The van der Waals surface area contributed by atoms with Crippen LogP contribution >= 0.6 is 0 Å². The van der Waals surface area contributed by atoms with E-state index in [-0.39, 0.29) is 24.2 Å². The molecule has 0 unspecified atom stereocenters. The molecule has 0 aromatic carbocycles. The fourth-order valence-corrected chi connectivity index (χ4v) is 2.93. The molecular formula is C19H26N6O6. The van der Waals surface area contributed by atoms with E-state index >= 15 is 0 Å². The Morgan fingerprint density at radius 1 is 1.26 bits per heavy atom. The van der Waals surface area contributed by atoms with Crippen molar-refractivity contribution in [3.8, 4) is 0 Å². The van der Waals surface area contributed by atoms with Crippen LogP contribution in [0.2, 0.25) is 0 Å². The van der Waals surface area contributed by atoms with Crippen LogP contribution in [0, 0.1) is 0 Å². The lowest BCUT2D eigenvalue weighted by atomic mass is 10.3. The molecule has 1 atom stereocenters. The van der Waals surface area contributed by atoms with Gasteiger partial charge in [0.05, 0.1) is 31.1 Å². The number of aliphatic hydroxyl groups excluding tert-OH is 2. The van der Waals surface area contributed by atoms with Crippen molar-refractivity contribution in [1.29, 1.82) is 0 Å². The van der Waals surface area contributed by atoms with Crippen LogP contribution in [0.5, 0.6) is 0 Å². The second-order valence-corrected chi connectivity index (χ2v) is 6.96. The predicted molar refractivity (Wildman–Crippen MR) is 112 cm³/mol. The number of hydrogen-bond donors (Lipinski definition) is 3. The van der Waals surface area contributed by atoms with E-state index < -0.39 is 23.3 Å². The second-order valence-electron chi connectivity index (χ2n) is 6.96. The number of carboxylic acid groups (broad SMARTS) is 1. The number of nitrogens with zero attached hydrogens (tertiary/aromatic N) is 6. The zero-order valence-electron chi connectivity index (χ0n) is 17.5. The van der Waals surface area contributed by atoms with Crippen LogP contribution in [0.25, 0.3) is 11.2 Å². The van der Waals surface area contributed by atoms with Crippen LogP contribution in [0.15, 0.2) is 40.4 Å². The van der Waals surface area contributed by atoms with Gasteiger partial charge in [-0.1, -0.05) is 0 Å². The number of aryl methyl sites for hydroxylation is 1. The molecule has 3 aromatic heterocycles. The Kier molecular flexibility index (Phi) is 8.19. The van der Waals surface area contributed by atoms with Gasteiger partial charge in [0, 0.05) is 39.6 Å². The summed E-state index contributed by atoms with van der Waals surface area (Å²) in [4.78, 5) is 43.8. The lowest BCUT2D eigenvalue weighted by Gasteiger charge is -2.19. The fraction of sp³-hybridized carbons (Fsp3) is 0.421. The summed E-state index contributed by atoms with van der Waals surface area (Å²) in [5.74, 6) is -0.942. The minimum absolute atomic E-state index is 0.0138. The Labute approximate surface area is 177 Å². The van der Waals surface area contributed by atoms with Crippen molar-refractivity contribution >= 4 is 17.1 Å². The number of rotatable bonds is 7. The maximum Gasteiger partial charge on any atom is 0.337 e. The minimum Gasteiger partial charge on any atom is -0.478 e. The molecule has 0 saturated heterocycles. The monoisotopic (exact) mass is 434 g/mol. The third-order valence-electron chi connectivity index (χ3n) is 4.54. The Morgan fingerprint density at radius 2 is 1.97 bits per heavy atom. The Morgan fingerprint density at radius 3 is 2.52 bits per heavy atom. The van der Waals surface area contributed by atoms with Gasteiger partial charge in [-0.15, -0.1) is 0 Å². The topological polar surface area (TPSA) is 156 Å². The third kappa shape index (κ3) is 5.84. The molecule has 3 N–H and O–H groups in total. The van der Waals surface area contributed by atoms with Gasteiger partial charge < -0.3 is 24.8 Å². The van der Waals surface area contributed by atoms with Crippen molar-refractivity contribution in [2.75, 3.05) is 26.7 Å². The number of carboxylic acids is 1. The summed E-state index contributed by atoms with van der Waals surface area (Å²) in [6, 6.07) is 3.08. The SMILES string of the molecule is CN(CCO)C[C@H](O)Cn1cnc2c1c(=O)n(C)c(=O)n2C.O=C(O)c1cccnc1. The molecule has 3 rings (SSSR count). The van der Waals surface area contributed by atoms with Crippen molar-refractivity contribution in [3.63, 3.8) is 0 Å². The average Bonchev–Trinajstić information content (AvgIpc) is 3.15. The zero-order chi connectivity index (χ0) is 23.1. The van der Waals surface area contributed by atoms with Crippen molar-refractivity contribution in [3.05, 3.63) is 57.3 Å². The van der Waals surface area contributed by atoms with Crippen LogP contribution in [0.3, 0.4) is 0 Å². The molecule has 12 heteroatoms. The first-order valence-corrected chi connectivity index (χ1v) is 9.39. The summed E-state index contributed by atoms with van der Waals surface area (Å²) < 4.78 is 3.87. The van der Waals surface area contributed by atoms with Crippen molar-refractivity contribution < 1.29 is 20.1 Å². The van der Waals surface area contributed by atoms with Gasteiger partial charge in [-0.05, 0) is 19.2 Å². The van der Waals surface area contributed by atoms with Crippen LogP contribution in [-0.4, -0.2) is 82.7 Å². The summed E-state index contributed by atoms with van der Waals surface area (Å²) in [5, 5.41) is 27.3. The molecule has 0 spiro atoms. The highest BCUT2D eigenvalue weighted by atomic mass is 16.4. The smallest absolute Gasteiger partial charge is 0.337 e. The number of fused-ring (bicyclic) bond motifs is 1. The van der Waals surface area contributed by atoms with E-state index in [0.717, 1.165) is 4.57 Å². The molecule has 0 radical (unpaired) electrons. The number of hydrogen-bond acceptors (Lipinski definition) is 8. The number of aromatic carboxylic acids is 1. The van der Waals surface area contributed by atoms with E-state index in [4.69, 9.17) is 10.2 Å². The Balaban J connectivity index is 0.000000316. The molecule has 0 aliphatic rings. The predicted octanol–water partition coefficient (Wildman–Crippen LogP) is -1.50. The molecule has 12 nitrogen and oxygen atoms in total. The first-order valence-electron chi connectivity index (χ1n) is 9.39. The van der Waals surface area contributed by atoms with E-state index in [1.54, 1.807) is 29.6 Å². The average molecular weight is 434 g/mol. The zero-order valence-corrected chi connectivity index (χ0v) is 17.5. The Hall–Kier alpha value is -3.35. The molecule has 31 heavy (non-hydrogen) atoms. The number of imidazole rings is 1. The summed E-state index contributed by atoms with van der Waals surface area (Å²) in [7, 11) is 4.74. The van der Waals surface area contributed by atoms with E-state index in [1.807, 2.05) is 0 Å². The molecule has 0 aliphatic heterocycles. The highest BCUT2D eigenvalue weighted by molar-refractivity contribution is 5.86. The standard InChI is InChI=1S/C13H21N5O4.C6H5NO2/c1-15(4-5-19)6-9(20)7-18-8-14-11-10(18)12(21)17(3)13(22)16(11)2;8-6(9)5-2-1-3-7-4-5/h8-9,19-20H,4-7H2,1-3H3;1-4H,(H,8,9)/t9-;/m0./s1. The highest BCUT2D eigenvalue weighted by Gasteiger charge is 2.16. The van der Waals surface area contributed by atoms with Crippen molar-refractivity contribution in [2.45, 2.75) is 12.6 Å². The van der Waals surface area contributed by atoms with Gasteiger partial charge in [-0.3, -0.25) is 18.9 Å². The van der Waals surface area contributed by atoms with Crippen molar-refractivity contribution in [2.24, 2.45) is 14.1 Å². The summed E-state index contributed by atoms with van der Waals surface area (Å²) >= 11 is 0. The van der Waals surface area contributed by atoms with Gasteiger partial charge >= 0.3 is 11.7 Å². The van der Waals surface area contributed by atoms with E-state index in [9.17, 15) is 19.5 Å². The van der Waals surface area contributed by atoms with Crippen molar-refractivity contribution in [1.82, 2.24) is 28.6 Å². The number of aromatic nitrogens is 5. The highest BCUT2D eigenvalue weighted by Crippen LogP contribution is 2.07. The van der Waals surface area contributed by atoms with Gasteiger partial charge in [0.15, 0.2) is 11.2 Å².